The lowest BCUT2D eigenvalue weighted by Crippen LogP contribution is -2.36. The first kappa shape index (κ1) is 23.8. The van der Waals surface area contributed by atoms with E-state index in [0.29, 0.717) is 34.9 Å². The van der Waals surface area contributed by atoms with E-state index in [0.717, 1.165) is 22.4 Å². The van der Waals surface area contributed by atoms with Gasteiger partial charge >= 0.3 is 0 Å². The zero-order valence-corrected chi connectivity index (χ0v) is 20.7. The number of nitrogens with one attached hydrogen (secondary N) is 1. The van der Waals surface area contributed by atoms with Crippen molar-refractivity contribution in [2.24, 2.45) is 0 Å². The normalized spacial score (nSPS) is 13.6. The maximum atomic E-state index is 13.1. The van der Waals surface area contributed by atoms with E-state index < -0.39 is 10.0 Å². The van der Waals surface area contributed by atoms with Gasteiger partial charge in [-0.25, -0.2) is 8.42 Å². The van der Waals surface area contributed by atoms with E-state index in [4.69, 9.17) is 4.74 Å². The summed E-state index contributed by atoms with van der Waals surface area (Å²) in [4.78, 5) is 13.1. The van der Waals surface area contributed by atoms with Crippen LogP contribution in [0.5, 0.6) is 11.5 Å². The molecule has 0 saturated heterocycles. The minimum Gasteiger partial charge on any atom is -0.457 e. The van der Waals surface area contributed by atoms with Gasteiger partial charge in [0, 0.05) is 24.3 Å². The van der Waals surface area contributed by atoms with Gasteiger partial charge in [0.25, 0.3) is 5.91 Å². The molecule has 0 aliphatic carbocycles. The van der Waals surface area contributed by atoms with E-state index in [1.54, 1.807) is 48.5 Å². The number of anilines is 1. The number of fused-ring (bicyclic) bond motifs is 1. The molecule has 182 valence electrons. The molecule has 4 aromatic carbocycles. The number of ether oxygens (including phenoxy) is 1. The zero-order valence-electron chi connectivity index (χ0n) is 19.8. The molecule has 1 aliphatic rings. The number of hydrogen-bond donors (Lipinski definition) is 1. The Morgan fingerprint density at radius 1 is 0.833 bits per heavy atom. The fraction of sp³-hybridized carbons (Fsp3) is 0.138. The first-order valence-corrected chi connectivity index (χ1v) is 13.2. The molecule has 0 spiro atoms. The minimum absolute atomic E-state index is 0.249. The first-order chi connectivity index (χ1) is 17.4. The Morgan fingerprint density at radius 2 is 1.53 bits per heavy atom. The topological polar surface area (TPSA) is 75.7 Å². The van der Waals surface area contributed by atoms with E-state index in [1.807, 2.05) is 55.5 Å². The van der Waals surface area contributed by atoms with E-state index >= 15 is 0 Å². The highest BCUT2D eigenvalue weighted by molar-refractivity contribution is 7.89. The number of amides is 1. The number of rotatable bonds is 6. The van der Waals surface area contributed by atoms with Gasteiger partial charge in [-0.05, 0) is 85.1 Å². The van der Waals surface area contributed by atoms with Crippen LogP contribution in [0, 0.1) is 6.92 Å². The van der Waals surface area contributed by atoms with Crippen LogP contribution in [-0.2, 0) is 23.0 Å². The number of sulfonamides is 1. The number of carbonyl (C=O) groups excluding carboxylic acids is 1. The average molecular weight is 499 g/mol. The van der Waals surface area contributed by atoms with Crippen molar-refractivity contribution in [2.45, 2.75) is 24.8 Å². The van der Waals surface area contributed by atoms with Crippen LogP contribution in [0.2, 0.25) is 0 Å². The molecular formula is C29H26N2O4S. The molecule has 0 unspecified atom stereocenters. The molecule has 5 rings (SSSR count). The average Bonchev–Trinajstić information content (AvgIpc) is 2.89. The Labute approximate surface area is 211 Å². The van der Waals surface area contributed by atoms with E-state index in [2.05, 4.69) is 5.32 Å². The van der Waals surface area contributed by atoms with Gasteiger partial charge in [0.1, 0.15) is 11.5 Å². The molecule has 0 saturated carbocycles. The van der Waals surface area contributed by atoms with Gasteiger partial charge in [-0.3, -0.25) is 4.79 Å². The van der Waals surface area contributed by atoms with E-state index in [9.17, 15) is 13.2 Å². The highest BCUT2D eigenvalue weighted by Crippen LogP contribution is 2.28. The SMILES string of the molecule is Cc1ccc(S(=O)(=O)N2CCc3ccc(NC(=O)c4ccc(Oc5ccccc5)cc4)cc3C2)cc1. The second-order valence-electron chi connectivity index (χ2n) is 8.78. The monoisotopic (exact) mass is 498 g/mol. The van der Waals surface area contributed by atoms with Gasteiger partial charge in [-0.1, -0.05) is 42.0 Å². The highest BCUT2D eigenvalue weighted by Gasteiger charge is 2.28. The molecule has 0 fully saturated rings. The maximum Gasteiger partial charge on any atom is 0.255 e. The second-order valence-corrected chi connectivity index (χ2v) is 10.7. The third-order valence-electron chi connectivity index (χ3n) is 6.20. The van der Waals surface area contributed by atoms with Crippen molar-refractivity contribution in [3.05, 3.63) is 119 Å². The molecule has 6 nitrogen and oxygen atoms in total. The second kappa shape index (κ2) is 9.97. The minimum atomic E-state index is -3.59. The van der Waals surface area contributed by atoms with Crippen LogP contribution < -0.4 is 10.1 Å². The van der Waals surface area contributed by atoms with Crippen molar-refractivity contribution in [3.63, 3.8) is 0 Å². The summed E-state index contributed by atoms with van der Waals surface area (Å²) in [7, 11) is -3.59. The molecule has 36 heavy (non-hydrogen) atoms. The Hall–Kier alpha value is -3.94. The van der Waals surface area contributed by atoms with Crippen molar-refractivity contribution >= 4 is 21.6 Å². The van der Waals surface area contributed by atoms with Crippen LogP contribution >= 0.6 is 0 Å². The summed E-state index contributed by atoms with van der Waals surface area (Å²) in [6.07, 6.45) is 0.623. The van der Waals surface area contributed by atoms with Crippen molar-refractivity contribution < 1.29 is 17.9 Å². The van der Waals surface area contributed by atoms with Gasteiger partial charge < -0.3 is 10.1 Å². The number of nitrogens with zero attached hydrogens (tertiary/aromatic N) is 1. The lowest BCUT2D eigenvalue weighted by atomic mass is 10.0. The Kier molecular flexibility index (Phi) is 6.59. The lowest BCUT2D eigenvalue weighted by Gasteiger charge is -2.28. The molecule has 0 radical (unpaired) electrons. The third kappa shape index (κ3) is 5.17. The predicted molar refractivity (Wildman–Crippen MR) is 140 cm³/mol. The Bertz CT molecular complexity index is 1480. The van der Waals surface area contributed by atoms with Crippen molar-refractivity contribution in [1.82, 2.24) is 4.31 Å². The molecule has 0 bridgehead atoms. The molecule has 1 heterocycles. The number of benzene rings is 4. The summed E-state index contributed by atoms with van der Waals surface area (Å²) < 4.78 is 33.6. The Balaban J connectivity index is 1.27. The molecule has 1 aliphatic heterocycles. The molecule has 0 atom stereocenters. The summed E-state index contributed by atoms with van der Waals surface area (Å²) in [5, 5.41) is 2.92. The quantitative estimate of drug-likeness (QED) is 0.365. The van der Waals surface area contributed by atoms with Crippen LogP contribution in [0.15, 0.2) is 102 Å². The summed E-state index contributed by atoms with van der Waals surface area (Å²) in [5.74, 6) is 1.12. The van der Waals surface area contributed by atoms with E-state index in [-0.39, 0.29) is 12.5 Å². The molecule has 0 aromatic heterocycles. The van der Waals surface area contributed by atoms with Crippen molar-refractivity contribution in [2.75, 3.05) is 11.9 Å². The van der Waals surface area contributed by atoms with Gasteiger partial charge in [-0.15, -0.1) is 0 Å². The van der Waals surface area contributed by atoms with Gasteiger partial charge in [0.05, 0.1) is 4.90 Å². The fourth-order valence-corrected chi connectivity index (χ4v) is 5.59. The van der Waals surface area contributed by atoms with Crippen molar-refractivity contribution in [3.8, 4) is 11.5 Å². The molecule has 1 amide bonds. The number of carbonyl (C=O) groups is 1. The van der Waals surface area contributed by atoms with Gasteiger partial charge in [0.15, 0.2) is 0 Å². The van der Waals surface area contributed by atoms with Crippen LogP contribution in [-0.4, -0.2) is 25.2 Å². The molecule has 1 N–H and O–H groups in total. The zero-order chi connectivity index (χ0) is 25.1. The van der Waals surface area contributed by atoms with Gasteiger partial charge in [-0.2, -0.15) is 4.31 Å². The summed E-state index contributed by atoms with van der Waals surface area (Å²) in [6.45, 7) is 2.61. The first-order valence-electron chi connectivity index (χ1n) is 11.7. The third-order valence-corrected chi connectivity index (χ3v) is 8.05. The highest BCUT2D eigenvalue weighted by atomic mass is 32.2. The smallest absolute Gasteiger partial charge is 0.255 e. The summed E-state index contributed by atoms with van der Waals surface area (Å²) >= 11 is 0. The maximum absolute atomic E-state index is 13.1. The standard InChI is InChI=1S/C29H26N2O4S/c1-21-7-15-28(16-8-21)36(33,34)31-18-17-22-9-12-25(19-24(22)20-31)30-29(32)23-10-13-27(14-11-23)35-26-5-3-2-4-6-26/h2-16,19H,17-18,20H2,1H3,(H,30,32). The van der Waals surface area contributed by atoms with Crippen LogP contribution in [0.4, 0.5) is 5.69 Å². The molecular weight excluding hydrogens is 472 g/mol. The number of aryl methyl sites for hydroxylation is 1. The van der Waals surface area contributed by atoms with Crippen molar-refractivity contribution in [1.29, 1.82) is 0 Å². The summed E-state index contributed by atoms with van der Waals surface area (Å²) in [6, 6.07) is 28.9. The van der Waals surface area contributed by atoms with Crippen LogP contribution in [0.1, 0.15) is 27.0 Å². The fourth-order valence-electron chi connectivity index (χ4n) is 4.18. The van der Waals surface area contributed by atoms with E-state index in [1.165, 1.54) is 4.31 Å². The largest absolute Gasteiger partial charge is 0.457 e. The summed E-state index contributed by atoms with van der Waals surface area (Å²) in [5.41, 5.74) is 4.11. The number of hydrogen-bond acceptors (Lipinski definition) is 4. The number of para-hydroxylation sites is 1. The lowest BCUT2D eigenvalue weighted by molar-refractivity contribution is 0.102. The van der Waals surface area contributed by atoms with Crippen LogP contribution in [0.3, 0.4) is 0 Å². The molecule has 7 heteroatoms. The molecule has 4 aromatic rings. The predicted octanol–water partition coefficient (Wildman–Crippen LogP) is 5.79. The Morgan fingerprint density at radius 3 is 2.25 bits per heavy atom. The van der Waals surface area contributed by atoms with Gasteiger partial charge in [0.2, 0.25) is 10.0 Å². The van der Waals surface area contributed by atoms with Crippen LogP contribution in [0.25, 0.3) is 0 Å².